The Bertz CT molecular complexity index is 3680. The van der Waals surface area contributed by atoms with Crippen molar-refractivity contribution in [3.05, 3.63) is 123 Å². The summed E-state index contributed by atoms with van der Waals surface area (Å²) in [5.74, 6) is 2.68. The summed E-state index contributed by atoms with van der Waals surface area (Å²) in [5, 5.41) is 33.4. The topological polar surface area (TPSA) is 266 Å². The lowest BCUT2D eigenvalue weighted by Crippen LogP contribution is -2.21. The molecule has 1 fully saturated rings. The summed E-state index contributed by atoms with van der Waals surface area (Å²) in [7, 11) is 0. The summed E-state index contributed by atoms with van der Waals surface area (Å²) in [5.41, 5.74) is 6.18. The van der Waals surface area contributed by atoms with Crippen LogP contribution in [0.4, 0.5) is 42.9 Å². The zero-order valence-electron chi connectivity index (χ0n) is 44.0. The second kappa shape index (κ2) is 32.8. The maximum Gasteiger partial charge on any atom is 0.325 e. The van der Waals surface area contributed by atoms with Gasteiger partial charge in [0, 0.05) is 101 Å². The van der Waals surface area contributed by atoms with Gasteiger partial charge in [-0.25, -0.2) is 49.5 Å². The van der Waals surface area contributed by atoms with Crippen LogP contribution in [-0.2, 0) is 32.5 Å². The van der Waals surface area contributed by atoms with Crippen molar-refractivity contribution in [3.8, 4) is 0 Å². The zero-order valence-corrected chi connectivity index (χ0v) is 49.4. The Morgan fingerprint density at radius 1 is 0.512 bits per heavy atom. The molecule has 0 spiro atoms. The summed E-state index contributed by atoms with van der Waals surface area (Å²) in [6, 6.07) is 13.2. The highest BCUT2D eigenvalue weighted by atomic mass is 35.5. The number of thiazole rings is 2. The molecular weight excluding hydrogens is 1220 g/mol. The highest BCUT2D eigenvalue weighted by Gasteiger charge is 2.16. The number of nitrogens with one attached hydrogen (secondary N) is 6. The van der Waals surface area contributed by atoms with Crippen LogP contribution in [0.15, 0.2) is 98.5 Å². The van der Waals surface area contributed by atoms with Gasteiger partial charge in [0.25, 0.3) is 0 Å². The molecule has 0 atom stereocenters. The third-order valence-corrected chi connectivity index (χ3v) is 15.6. The van der Waals surface area contributed by atoms with Crippen molar-refractivity contribution in [2.45, 2.75) is 79.4 Å². The fourth-order valence-electron chi connectivity index (χ4n) is 8.59. The van der Waals surface area contributed by atoms with Crippen LogP contribution in [0.2, 0.25) is 15.2 Å². The number of aromatic nitrogens is 14. The molecule has 9 heterocycles. The largest absolute Gasteiger partial charge is 0.368 e. The van der Waals surface area contributed by atoms with E-state index in [2.05, 4.69) is 92.0 Å². The molecule has 84 heavy (non-hydrogen) atoms. The monoisotopic (exact) mass is 1280 g/mol. The maximum atomic E-state index is 12.2. The molecular formula is C54H64Cl5N21O2S2. The van der Waals surface area contributed by atoms with Crippen LogP contribution < -0.4 is 31.9 Å². The number of hydrogen-bond acceptors (Lipinski definition) is 18. The van der Waals surface area contributed by atoms with E-state index in [0.29, 0.717) is 68.2 Å². The lowest BCUT2D eigenvalue weighted by molar-refractivity contribution is 0.261. The Balaban J connectivity index is 0.000000194. The Labute approximate surface area is 518 Å². The Hall–Kier alpha value is -7.10. The fraction of sp³-hybridized carbons (Fsp3) is 0.352. The molecule has 1 aliphatic heterocycles. The third-order valence-electron chi connectivity index (χ3n) is 12.3. The number of benzene rings is 2. The smallest absolute Gasteiger partial charge is 0.325 e. The number of urea groups is 2. The predicted molar refractivity (Wildman–Crippen MR) is 342 cm³/mol. The first kappa shape index (κ1) is 64.5. The van der Waals surface area contributed by atoms with Crippen LogP contribution in [0.5, 0.6) is 0 Å². The summed E-state index contributed by atoms with van der Waals surface area (Å²) in [6.07, 6.45) is 20.0. The highest BCUT2D eigenvalue weighted by Crippen LogP contribution is 2.25. The molecule has 11 rings (SSSR count). The minimum atomic E-state index is -0.375. The van der Waals surface area contributed by atoms with Gasteiger partial charge in [0.2, 0.25) is 0 Å². The second-order valence-corrected chi connectivity index (χ2v) is 22.4. The molecule has 2 aromatic carbocycles. The van der Waals surface area contributed by atoms with Gasteiger partial charge in [-0.05, 0) is 88.1 Å². The number of anilines is 6. The molecule has 23 nitrogen and oxygen atoms in total. The number of amides is 4. The number of carbonyl (C=O) groups is 2. The molecule has 0 bridgehead atoms. The number of nitrogens with zero attached hydrogens (tertiary/aromatic N) is 15. The number of rotatable bonds is 22. The molecule has 0 aliphatic carbocycles. The van der Waals surface area contributed by atoms with Gasteiger partial charge in [-0.1, -0.05) is 61.8 Å². The minimum Gasteiger partial charge on any atom is -0.368 e. The fourth-order valence-corrected chi connectivity index (χ4v) is 11.1. The SMILES string of the molecule is C.C.ClCCCn1ncc2ncnc(Cl)c21.O=C(Nc1cccc(Cl)c1)Nc1ncc(CCNc2ncnc3cnn(CCCCl)c23)s1.O=C(Nc1cccc(Cl)c1)Nc1ncc(CCNc2ncnc3cnn(CCCN4CCCC4)c23)s1. The summed E-state index contributed by atoms with van der Waals surface area (Å²) < 4.78 is 5.65. The van der Waals surface area contributed by atoms with Gasteiger partial charge in [0.15, 0.2) is 27.1 Å². The normalized spacial score (nSPS) is 11.9. The van der Waals surface area contributed by atoms with Gasteiger partial charge in [-0.15, -0.1) is 45.9 Å². The summed E-state index contributed by atoms with van der Waals surface area (Å²) in [6.45, 7) is 7.09. The number of fused-ring (bicyclic) bond motifs is 3. The van der Waals surface area contributed by atoms with Gasteiger partial charge in [-0.3, -0.25) is 24.7 Å². The van der Waals surface area contributed by atoms with Crippen molar-refractivity contribution in [1.82, 2.24) is 74.1 Å². The summed E-state index contributed by atoms with van der Waals surface area (Å²) >= 11 is 32.1. The standard InChI is InChI=1S/C24H28ClN9OS.C20H20Cl2N8OS.C8H8Cl2N4.2CH4/c25-17-5-3-6-18(13-17)31-23(35)32-24-27-14-19(36-24)7-8-26-22-21-20(28-16-29-22)15-30-34(21)12-4-11-33-9-1-2-10-33;21-6-2-8-30-17-16(11-27-30)25-12-26-18(17)23-7-5-15-10-24-20(32-15)29-19(31)28-14-4-1-3-13(22)9-14;9-2-1-3-14-7-6(4-13-14)11-5-12-8(7)10;;/h3,5-6,13-16H,1-2,4,7-12H2,(H,26,28,29)(H2,27,31,32,35);1,3-4,9-12H,2,5-8H2,(H,23,25,26)(H2,24,28,29,31);4-5H,1-3H2;2*1H4. The second-order valence-electron chi connectivity index (χ2n) is 18.2. The molecule has 0 saturated carbocycles. The molecule has 10 aromatic rings. The molecule has 8 aromatic heterocycles. The van der Waals surface area contributed by atoms with Crippen LogP contribution in [0.25, 0.3) is 33.1 Å². The lowest BCUT2D eigenvalue weighted by Gasteiger charge is -2.14. The molecule has 4 amide bonds. The van der Waals surface area contributed by atoms with Crippen molar-refractivity contribution >= 4 is 159 Å². The number of aryl methyl sites for hydroxylation is 3. The van der Waals surface area contributed by atoms with Crippen molar-refractivity contribution in [3.63, 3.8) is 0 Å². The quantitative estimate of drug-likeness (QED) is 0.0272. The van der Waals surface area contributed by atoms with Crippen molar-refractivity contribution in [2.75, 3.05) is 76.4 Å². The molecule has 0 radical (unpaired) electrons. The molecule has 6 N–H and O–H groups in total. The summed E-state index contributed by atoms with van der Waals surface area (Å²) in [4.78, 5) is 63.0. The Kier molecular flexibility index (Phi) is 25.2. The van der Waals surface area contributed by atoms with Crippen molar-refractivity contribution in [2.24, 2.45) is 0 Å². The maximum absolute atomic E-state index is 12.2. The number of alkyl halides is 2. The van der Waals surface area contributed by atoms with Crippen LogP contribution in [0.3, 0.4) is 0 Å². The van der Waals surface area contributed by atoms with Crippen molar-refractivity contribution in [1.29, 1.82) is 0 Å². The molecule has 1 aliphatic rings. The average Bonchev–Trinajstić information content (AvgIpc) is 3.92. The van der Waals surface area contributed by atoms with Crippen LogP contribution in [-0.4, -0.2) is 131 Å². The molecule has 30 heteroatoms. The first-order valence-corrected chi connectivity index (χ1v) is 30.0. The predicted octanol–water partition coefficient (Wildman–Crippen LogP) is 13.0. The number of hydrogen-bond donors (Lipinski definition) is 6. The van der Waals surface area contributed by atoms with E-state index in [1.54, 1.807) is 90.5 Å². The molecule has 0 unspecified atom stereocenters. The van der Waals surface area contributed by atoms with E-state index in [0.717, 1.165) is 106 Å². The first-order valence-electron chi connectivity index (χ1n) is 26.1. The van der Waals surface area contributed by atoms with E-state index in [9.17, 15) is 9.59 Å². The highest BCUT2D eigenvalue weighted by molar-refractivity contribution is 7.16. The number of halogens is 5. The Morgan fingerprint density at radius 2 is 0.952 bits per heavy atom. The third kappa shape index (κ3) is 18.4. The van der Waals surface area contributed by atoms with Crippen LogP contribution in [0.1, 0.15) is 56.7 Å². The zero-order chi connectivity index (χ0) is 57.0. The van der Waals surface area contributed by atoms with E-state index >= 15 is 0 Å². The first-order chi connectivity index (χ1) is 40.1. The minimum absolute atomic E-state index is 0. The molecule has 444 valence electrons. The van der Waals surface area contributed by atoms with Crippen LogP contribution in [0, 0.1) is 0 Å². The van der Waals surface area contributed by atoms with E-state index in [-0.39, 0.29) is 26.9 Å². The van der Waals surface area contributed by atoms with Gasteiger partial charge in [-0.2, -0.15) is 15.3 Å². The Morgan fingerprint density at radius 3 is 1.42 bits per heavy atom. The van der Waals surface area contributed by atoms with Crippen molar-refractivity contribution < 1.29 is 9.59 Å². The number of carbonyl (C=O) groups excluding carboxylic acids is 2. The van der Waals surface area contributed by atoms with Gasteiger partial charge >= 0.3 is 12.1 Å². The van der Waals surface area contributed by atoms with E-state index in [1.165, 1.54) is 61.3 Å². The average molecular weight is 1280 g/mol. The number of likely N-dealkylation sites (tertiary alicyclic amines) is 1. The lowest BCUT2D eigenvalue weighted by atomic mass is 10.3. The van der Waals surface area contributed by atoms with E-state index in [1.807, 2.05) is 9.36 Å². The molecule has 1 saturated heterocycles. The van der Waals surface area contributed by atoms with E-state index in [4.69, 9.17) is 58.0 Å². The van der Waals surface area contributed by atoms with Gasteiger partial charge in [0.1, 0.15) is 52.1 Å². The van der Waals surface area contributed by atoms with Crippen LogP contribution >= 0.6 is 80.7 Å². The van der Waals surface area contributed by atoms with Gasteiger partial charge < -0.3 is 26.2 Å². The van der Waals surface area contributed by atoms with Gasteiger partial charge in [0.05, 0.1) is 18.6 Å². The van der Waals surface area contributed by atoms with E-state index < -0.39 is 0 Å².